The van der Waals surface area contributed by atoms with Gasteiger partial charge >= 0.3 is 0 Å². The maximum atomic E-state index is 12.7. The Kier molecular flexibility index (Phi) is 5.66. The molecule has 1 aliphatic rings. The molecule has 0 unspecified atom stereocenters. The predicted octanol–water partition coefficient (Wildman–Crippen LogP) is 4.23. The number of rotatable bonds is 4. The van der Waals surface area contributed by atoms with Crippen molar-refractivity contribution >= 4 is 33.3 Å². The fourth-order valence-corrected chi connectivity index (χ4v) is 3.33. The third-order valence-electron chi connectivity index (χ3n) is 4.60. The van der Waals surface area contributed by atoms with Gasteiger partial charge in [0, 0.05) is 27.2 Å². The van der Waals surface area contributed by atoms with E-state index in [1.54, 1.807) is 18.2 Å². The smallest absolute Gasteiger partial charge is 0.255 e. The molecule has 0 aliphatic carbocycles. The zero-order chi connectivity index (χ0) is 17.8. The fraction of sp³-hybridized carbons (Fsp3) is 0.300. The Balaban J connectivity index is 1.69. The molecule has 0 saturated carbocycles. The molecule has 1 fully saturated rings. The van der Waals surface area contributed by atoms with Crippen LogP contribution in [0.2, 0.25) is 0 Å². The van der Waals surface area contributed by atoms with Crippen LogP contribution in [0.15, 0.2) is 53.0 Å². The Labute approximate surface area is 156 Å². The maximum Gasteiger partial charge on any atom is 0.255 e. The van der Waals surface area contributed by atoms with E-state index in [-0.39, 0.29) is 17.6 Å². The van der Waals surface area contributed by atoms with Gasteiger partial charge in [0.15, 0.2) is 5.78 Å². The molecular formula is C20H21BrN2O2. The molecule has 25 heavy (non-hydrogen) atoms. The van der Waals surface area contributed by atoms with E-state index in [1.807, 2.05) is 30.3 Å². The van der Waals surface area contributed by atoms with E-state index in [0.717, 1.165) is 30.4 Å². The number of hydrogen-bond acceptors (Lipinski definition) is 3. The molecule has 1 amide bonds. The van der Waals surface area contributed by atoms with Crippen LogP contribution in [-0.4, -0.2) is 36.7 Å². The largest absolute Gasteiger partial charge is 0.322 e. The second-order valence-electron chi connectivity index (χ2n) is 6.48. The Morgan fingerprint density at radius 2 is 1.72 bits per heavy atom. The van der Waals surface area contributed by atoms with Crippen LogP contribution in [-0.2, 0) is 0 Å². The van der Waals surface area contributed by atoms with Gasteiger partial charge in [0.05, 0.1) is 0 Å². The average Bonchev–Trinajstić information content (AvgIpc) is 2.62. The first-order chi connectivity index (χ1) is 12.0. The first-order valence-electron chi connectivity index (χ1n) is 8.42. The Hall–Kier alpha value is -1.98. The summed E-state index contributed by atoms with van der Waals surface area (Å²) in [6.07, 6.45) is 1.79. The first-order valence-corrected chi connectivity index (χ1v) is 9.22. The standard InChI is InChI=1S/C20H21BrN2O2/c1-23-11-9-14(10-12-23)19(24)16-3-2-4-18(13-16)22-20(25)15-5-7-17(21)8-6-15/h2-8,13-14H,9-12H2,1H3,(H,22,25). The molecule has 2 aromatic rings. The fourth-order valence-electron chi connectivity index (χ4n) is 3.06. The number of Topliss-reactive ketones (excluding diaryl/α,β-unsaturated/α-hetero) is 1. The molecule has 0 bridgehead atoms. The highest BCUT2D eigenvalue weighted by Crippen LogP contribution is 2.23. The topological polar surface area (TPSA) is 49.4 Å². The lowest BCUT2D eigenvalue weighted by Crippen LogP contribution is -2.33. The summed E-state index contributed by atoms with van der Waals surface area (Å²) in [5.41, 5.74) is 1.89. The van der Waals surface area contributed by atoms with E-state index in [9.17, 15) is 9.59 Å². The highest BCUT2D eigenvalue weighted by atomic mass is 79.9. The van der Waals surface area contributed by atoms with Crippen LogP contribution >= 0.6 is 15.9 Å². The van der Waals surface area contributed by atoms with Gasteiger partial charge in [0.1, 0.15) is 0 Å². The zero-order valence-electron chi connectivity index (χ0n) is 14.2. The van der Waals surface area contributed by atoms with E-state index >= 15 is 0 Å². The molecule has 1 heterocycles. The van der Waals surface area contributed by atoms with Gasteiger partial charge in [0.2, 0.25) is 0 Å². The van der Waals surface area contributed by atoms with Gasteiger partial charge in [-0.15, -0.1) is 0 Å². The number of benzene rings is 2. The van der Waals surface area contributed by atoms with Crippen LogP contribution < -0.4 is 5.32 Å². The average molecular weight is 401 g/mol. The van der Waals surface area contributed by atoms with E-state index in [1.165, 1.54) is 0 Å². The summed E-state index contributed by atoms with van der Waals surface area (Å²) in [5.74, 6) is 0.0675. The molecule has 1 N–H and O–H groups in total. The summed E-state index contributed by atoms with van der Waals surface area (Å²) < 4.78 is 0.926. The van der Waals surface area contributed by atoms with Crippen molar-refractivity contribution in [2.75, 3.05) is 25.5 Å². The minimum atomic E-state index is -0.184. The minimum absolute atomic E-state index is 0.0774. The first kappa shape index (κ1) is 17.8. The number of carbonyl (C=O) groups is 2. The van der Waals surface area contributed by atoms with Crippen molar-refractivity contribution in [2.24, 2.45) is 5.92 Å². The maximum absolute atomic E-state index is 12.7. The van der Waals surface area contributed by atoms with E-state index < -0.39 is 0 Å². The van der Waals surface area contributed by atoms with E-state index in [2.05, 4.69) is 33.2 Å². The van der Waals surface area contributed by atoms with Crippen molar-refractivity contribution < 1.29 is 9.59 Å². The molecule has 4 nitrogen and oxygen atoms in total. The van der Waals surface area contributed by atoms with Crippen LogP contribution in [0.25, 0.3) is 0 Å². The van der Waals surface area contributed by atoms with Crippen LogP contribution in [0.4, 0.5) is 5.69 Å². The van der Waals surface area contributed by atoms with Gasteiger partial charge in [0.25, 0.3) is 5.91 Å². The molecule has 130 valence electrons. The van der Waals surface area contributed by atoms with Gasteiger partial charge in [-0.2, -0.15) is 0 Å². The summed E-state index contributed by atoms with van der Waals surface area (Å²) in [6.45, 7) is 1.91. The van der Waals surface area contributed by atoms with Crippen LogP contribution in [0.1, 0.15) is 33.6 Å². The molecule has 3 rings (SSSR count). The van der Waals surface area contributed by atoms with Crippen LogP contribution in [0, 0.1) is 5.92 Å². The quantitative estimate of drug-likeness (QED) is 0.781. The monoisotopic (exact) mass is 400 g/mol. The summed E-state index contributed by atoms with van der Waals surface area (Å²) in [5, 5.41) is 2.87. The molecule has 1 saturated heterocycles. The zero-order valence-corrected chi connectivity index (χ0v) is 15.8. The number of carbonyl (C=O) groups excluding carboxylic acids is 2. The number of piperidine rings is 1. The molecule has 0 atom stereocenters. The number of halogens is 1. The third kappa shape index (κ3) is 4.55. The second-order valence-corrected chi connectivity index (χ2v) is 7.40. The molecular weight excluding hydrogens is 380 g/mol. The Bertz CT molecular complexity index is 766. The minimum Gasteiger partial charge on any atom is -0.322 e. The van der Waals surface area contributed by atoms with Crippen LogP contribution in [0.5, 0.6) is 0 Å². The molecule has 2 aromatic carbocycles. The summed E-state index contributed by atoms with van der Waals surface area (Å²) in [4.78, 5) is 27.3. The third-order valence-corrected chi connectivity index (χ3v) is 5.13. The predicted molar refractivity (Wildman–Crippen MR) is 103 cm³/mol. The van der Waals surface area contributed by atoms with Gasteiger partial charge in [-0.3, -0.25) is 9.59 Å². The van der Waals surface area contributed by atoms with Gasteiger partial charge in [-0.25, -0.2) is 0 Å². The van der Waals surface area contributed by atoms with Crippen molar-refractivity contribution in [3.63, 3.8) is 0 Å². The van der Waals surface area contributed by atoms with E-state index in [4.69, 9.17) is 0 Å². The van der Waals surface area contributed by atoms with Crippen LogP contribution in [0.3, 0.4) is 0 Å². The van der Waals surface area contributed by atoms with Crippen molar-refractivity contribution in [1.29, 1.82) is 0 Å². The lowest BCUT2D eigenvalue weighted by molar-refractivity contribution is 0.0856. The number of nitrogens with one attached hydrogen (secondary N) is 1. The van der Waals surface area contributed by atoms with E-state index in [0.29, 0.717) is 16.8 Å². The van der Waals surface area contributed by atoms with Gasteiger partial charge < -0.3 is 10.2 Å². The van der Waals surface area contributed by atoms with Gasteiger partial charge in [-0.05, 0) is 69.4 Å². The summed E-state index contributed by atoms with van der Waals surface area (Å²) >= 11 is 3.36. The second kappa shape index (κ2) is 7.93. The normalized spacial score (nSPS) is 15.8. The molecule has 0 radical (unpaired) electrons. The number of amides is 1. The summed E-state index contributed by atoms with van der Waals surface area (Å²) in [6, 6.07) is 14.4. The number of nitrogens with zero attached hydrogens (tertiary/aromatic N) is 1. The molecule has 0 spiro atoms. The summed E-state index contributed by atoms with van der Waals surface area (Å²) in [7, 11) is 2.08. The molecule has 5 heteroatoms. The lowest BCUT2D eigenvalue weighted by atomic mass is 9.89. The highest BCUT2D eigenvalue weighted by molar-refractivity contribution is 9.10. The Morgan fingerprint density at radius 3 is 2.40 bits per heavy atom. The Morgan fingerprint density at radius 1 is 1.04 bits per heavy atom. The SMILES string of the molecule is CN1CCC(C(=O)c2cccc(NC(=O)c3ccc(Br)cc3)c2)CC1. The number of anilines is 1. The number of likely N-dealkylation sites (tertiary alicyclic amines) is 1. The lowest BCUT2D eigenvalue weighted by Gasteiger charge is -2.28. The van der Waals surface area contributed by atoms with Gasteiger partial charge in [-0.1, -0.05) is 28.1 Å². The number of hydrogen-bond donors (Lipinski definition) is 1. The highest BCUT2D eigenvalue weighted by Gasteiger charge is 2.24. The van der Waals surface area contributed by atoms with Crippen molar-refractivity contribution in [3.05, 3.63) is 64.1 Å². The van der Waals surface area contributed by atoms with Crippen molar-refractivity contribution in [2.45, 2.75) is 12.8 Å². The molecule has 0 aromatic heterocycles. The van der Waals surface area contributed by atoms with Crippen molar-refractivity contribution in [3.8, 4) is 0 Å². The molecule has 1 aliphatic heterocycles. The van der Waals surface area contributed by atoms with Crippen molar-refractivity contribution in [1.82, 2.24) is 4.90 Å². The number of ketones is 1.